The molecule has 2 N–H and O–H groups in total. The third kappa shape index (κ3) is 1.79. The molecular formula is C12H12BN. The van der Waals surface area contributed by atoms with E-state index < -0.39 is 0 Å². The zero-order valence-corrected chi connectivity index (χ0v) is 8.20. The average molecular weight is 181 g/mol. The van der Waals surface area contributed by atoms with Gasteiger partial charge in [-0.1, -0.05) is 41.9 Å². The molecule has 2 rings (SSSR count). The van der Waals surface area contributed by atoms with E-state index in [1.54, 1.807) is 0 Å². The Kier molecular flexibility index (Phi) is 2.27. The molecule has 0 saturated carbocycles. The first-order valence-electron chi connectivity index (χ1n) is 4.68. The van der Waals surface area contributed by atoms with Crippen molar-refractivity contribution in [2.24, 2.45) is 0 Å². The van der Waals surface area contributed by atoms with Crippen LogP contribution in [0.25, 0.3) is 11.1 Å². The van der Waals surface area contributed by atoms with Gasteiger partial charge in [-0.25, -0.2) is 0 Å². The van der Waals surface area contributed by atoms with E-state index in [1.165, 1.54) is 16.6 Å². The lowest BCUT2D eigenvalue weighted by atomic mass is 9.94. The first-order valence-corrected chi connectivity index (χ1v) is 4.68. The summed E-state index contributed by atoms with van der Waals surface area (Å²) in [6.45, 7) is 0. The second-order valence-corrected chi connectivity index (χ2v) is 3.49. The van der Waals surface area contributed by atoms with Gasteiger partial charge < -0.3 is 5.73 Å². The van der Waals surface area contributed by atoms with Crippen LogP contribution in [-0.2, 0) is 0 Å². The highest BCUT2D eigenvalue weighted by atomic mass is 14.5. The van der Waals surface area contributed by atoms with Crippen LogP contribution in [0.3, 0.4) is 0 Å². The molecule has 0 atom stereocenters. The summed E-state index contributed by atoms with van der Waals surface area (Å²) in [6.07, 6.45) is 0. The second kappa shape index (κ2) is 3.58. The number of benzene rings is 2. The maximum Gasteiger partial charge on any atom is 0.139 e. The van der Waals surface area contributed by atoms with Crippen LogP contribution in [0.2, 0.25) is 0 Å². The van der Waals surface area contributed by atoms with Crippen molar-refractivity contribution in [3.05, 3.63) is 48.5 Å². The Bertz CT molecular complexity index is 374. The Morgan fingerprint density at radius 2 is 1.14 bits per heavy atom. The number of rotatable bonds is 1. The molecule has 0 aliphatic heterocycles. The molecule has 0 spiro atoms. The zero-order chi connectivity index (χ0) is 9.97. The van der Waals surface area contributed by atoms with Gasteiger partial charge >= 0.3 is 0 Å². The first kappa shape index (κ1) is 8.88. The molecule has 0 aliphatic rings. The van der Waals surface area contributed by atoms with Gasteiger partial charge in [0.1, 0.15) is 7.85 Å². The van der Waals surface area contributed by atoms with Crippen molar-refractivity contribution in [3.8, 4) is 11.1 Å². The summed E-state index contributed by atoms with van der Waals surface area (Å²) in [7, 11) is 2.09. The van der Waals surface area contributed by atoms with Crippen LogP contribution in [0.1, 0.15) is 0 Å². The van der Waals surface area contributed by atoms with Crippen molar-refractivity contribution in [1.82, 2.24) is 0 Å². The lowest BCUT2D eigenvalue weighted by molar-refractivity contribution is 1.63. The number of hydrogen-bond acceptors (Lipinski definition) is 1. The molecule has 0 bridgehead atoms. The predicted molar refractivity (Wildman–Crippen MR) is 64.5 cm³/mol. The molecule has 14 heavy (non-hydrogen) atoms. The molecule has 2 aromatic rings. The van der Waals surface area contributed by atoms with Crippen molar-refractivity contribution in [2.75, 3.05) is 5.73 Å². The van der Waals surface area contributed by atoms with Gasteiger partial charge in [-0.3, -0.25) is 0 Å². The second-order valence-electron chi connectivity index (χ2n) is 3.49. The van der Waals surface area contributed by atoms with Crippen molar-refractivity contribution in [3.63, 3.8) is 0 Å². The molecule has 0 radical (unpaired) electrons. The zero-order valence-electron chi connectivity index (χ0n) is 8.20. The van der Waals surface area contributed by atoms with E-state index in [0.29, 0.717) is 0 Å². The number of anilines is 1. The summed E-state index contributed by atoms with van der Waals surface area (Å²) >= 11 is 0. The SMILES string of the molecule is Bc1ccc(-c2ccc(N)cc2)cc1. The van der Waals surface area contributed by atoms with Gasteiger partial charge in [-0.2, -0.15) is 0 Å². The predicted octanol–water partition coefficient (Wildman–Crippen LogP) is 1.19. The fraction of sp³-hybridized carbons (Fsp3) is 0. The van der Waals surface area contributed by atoms with Gasteiger partial charge in [0, 0.05) is 5.69 Å². The molecule has 0 saturated heterocycles. The van der Waals surface area contributed by atoms with Crippen molar-refractivity contribution in [1.29, 1.82) is 0 Å². The van der Waals surface area contributed by atoms with Crippen molar-refractivity contribution < 1.29 is 0 Å². The van der Waals surface area contributed by atoms with E-state index in [-0.39, 0.29) is 0 Å². The van der Waals surface area contributed by atoms with E-state index in [0.717, 1.165) is 5.69 Å². The molecule has 0 amide bonds. The number of hydrogen-bond donors (Lipinski definition) is 1. The Morgan fingerprint density at radius 1 is 0.714 bits per heavy atom. The molecule has 2 aromatic carbocycles. The van der Waals surface area contributed by atoms with Gasteiger partial charge in [0.05, 0.1) is 0 Å². The molecule has 0 aliphatic carbocycles. The van der Waals surface area contributed by atoms with Gasteiger partial charge in [0.25, 0.3) is 0 Å². The Balaban J connectivity index is 2.40. The molecule has 2 heteroatoms. The van der Waals surface area contributed by atoms with Crippen LogP contribution in [-0.4, -0.2) is 7.85 Å². The summed E-state index contributed by atoms with van der Waals surface area (Å²) in [5.74, 6) is 0. The summed E-state index contributed by atoms with van der Waals surface area (Å²) in [4.78, 5) is 0. The summed E-state index contributed by atoms with van der Waals surface area (Å²) in [5, 5.41) is 0. The Hall–Kier alpha value is -1.70. The van der Waals surface area contributed by atoms with Gasteiger partial charge in [-0.05, 0) is 23.3 Å². The quantitative estimate of drug-likeness (QED) is 0.519. The summed E-state index contributed by atoms with van der Waals surface area (Å²) in [6, 6.07) is 16.4. The lowest BCUT2D eigenvalue weighted by Crippen LogP contribution is -1.99. The summed E-state index contributed by atoms with van der Waals surface area (Å²) in [5.41, 5.74) is 10.2. The maximum absolute atomic E-state index is 5.63. The first-order chi connectivity index (χ1) is 6.75. The standard InChI is InChI=1S/C12H12BN/c13-11-5-1-9(2-6-11)10-3-7-12(14)8-4-10/h1-8H,13-14H2. The van der Waals surface area contributed by atoms with Crippen LogP contribution in [0.15, 0.2) is 48.5 Å². The number of nitrogen functional groups attached to an aromatic ring is 1. The van der Waals surface area contributed by atoms with Crippen molar-refractivity contribution in [2.45, 2.75) is 0 Å². The third-order valence-electron chi connectivity index (χ3n) is 2.30. The van der Waals surface area contributed by atoms with Crippen LogP contribution >= 0.6 is 0 Å². The van der Waals surface area contributed by atoms with Gasteiger partial charge in [-0.15, -0.1) is 0 Å². The fourth-order valence-electron chi connectivity index (χ4n) is 1.42. The smallest absolute Gasteiger partial charge is 0.139 e. The van der Waals surface area contributed by atoms with Crippen molar-refractivity contribution >= 4 is 19.0 Å². The molecule has 0 aromatic heterocycles. The minimum atomic E-state index is 0.806. The van der Waals surface area contributed by atoms with Crippen LogP contribution in [0.5, 0.6) is 0 Å². The van der Waals surface area contributed by atoms with Crippen LogP contribution in [0, 0.1) is 0 Å². The highest BCUT2D eigenvalue weighted by Crippen LogP contribution is 2.19. The van der Waals surface area contributed by atoms with E-state index in [9.17, 15) is 0 Å². The average Bonchev–Trinajstić information content (AvgIpc) is 2.21. The van der Waals surface area contributed by atoms with Crippen LogP contribution < -0.4 is 11.2 Å². The highest BCUT2D eigenvalue weighted by Gasteiger charge is 1.95. The van der Waals surface area contributed by atoms with E-state index in [4.69, 9.17) is 5.73 Å². The van der Waals surface area contributed by atoms with E-state index >= 15 is 0 Å². The molecular weight excluding hydrogens is 169 g/mol. The highest BCUT2D eigenvalue weighted by molar-refractivity contribution is 6.32. The normalized spacial score (nSPS) is 10.0. The van der Waals surface area contributed by atoms with Gasteiger partial charge in [0.15, 0.2) is 0 Å². The summed E-state index contributed by atoms with van der Waals surface area (Å²) < 4.78 is 0. The minimum absolute atomic E-state index is 0.806. The largest absolute Gasteiger partial charge is 0.399 e. The molecule has 1 nitrogen and oxygen atoms in total. The molecule has 0 fully saturated rings. The Labute approximate surface area is 85.0 Å². The third-order valence-corrected chi connectivity index (χ3v) is 2.30. The Morgan fingerprint density at radius 3 is 1.64 bits per heavy atom. The fourth-order valence-corrected chi connectivity index (χ4v) is 1.42. The van der Waals surface area contributed by atoms with Crippen LogP contribution in [0.4, 0.5) is 5.69 Å². The maximum atomic E-state index is 5.63. The monoisotopic (exact) mass is 181 g/mol. The molecule has 0 unspecified atom stereocenters. The topological polar surface area (TPSA) is 26.0 Å². The molecule has 0 heterocycles. The molecule has 68 valence electrons. The van der Waals surface area contributed by atoms with E-state index in [1.807, 2.05) is 24.3 Å². The lowest BCUT2D eigenvalue weighted by Gasteiger charge is -2.02. The minimum Gasteiger partial charge on any atom is -0.399 e. The number of nitrogens with two attached hydrogens (primary N) is 1. The van der Waals surface area contributed by atoms with E-state index in [2.05, 4.69) is 32.1 Å². The van der Waals surface area contributed by atoms with Gasteiger partial charge in [0.2, 0.25) is 0 Å².